The van der Waals surface area contributed by atoms with Gasteiger partial charge >= 0.3 is 5.97 Å². The Morgan fingerprint density at radius 1 is 1.19 bits per heavy atom. The van der Waals surface area contributed by atoms with E-state index in [1.165, 1.54) is 21.9 Å². The second kappa shape index (κ2) is 6.75. The quantitative estimate of drug-likeness (QED) is 0.491. The number of aromatic nitrogens is 4. The maximum Gasteiger partial charge on any atom is 0.341 e. The number of aryl methyl sites for hydroxylation is 2. The zero-order chi connectivity index (χ0) is 19.1. The Kier molecular flexibility index (Phi) is 4.40. The molecule has 7 nitrogen and oxygen atoms in total. The maximum absolute atomic E-state index is 12.8. The lowest BCUT2D eigenvalue weighted by Gasteiger charge is -2.06. The van der Waals surface area contributed by atoms with E-state index in [0.29, 0.717) is 21.2 Å². The van der Waals surface area contributed by atoms with Gasteiger partial charge in [-0.2, -0.15) is 9.61 Å². The SMILES string of the molecule is Cc1cc(=O)n2nc(COC(=O)c3c(-n4cccc4)sc(C)c3C)sc2n1. The predicted octanol–water partition coefficient (Wildman–Crippen LogP) is 3.29. The van der Waals surface area contributed by atoms with Crippen LogP contribution in [0.2, 0.25) is 0 Å². The van der Waals surface area contributed by atoms with Crippen molar-refractivity contribution in [2.45, 2.75) is 27.4 Å². The molecular weight excluding hydrogens is 384 g/mol. The smallest absolute Gasteiger partial charge is 0.341 e. The first kappa shape index (κ1) is 17.6. The third-order valence-corrected chi connectivity index (χ3v) is 6.25. The van der Waals surface area contributed by atoms with Gasteiger partial charge in [0, 0.05) is 29.0 Å². The molecule has 9 heteroatoms. The highest BCUT2D eigenvalue weighted by molar-refractivity contribution is 7.16. The van der Waals surface area contributed by atoms with E-state index in [-0.39, 0.29) is 12.2 Å². The Hall–Kier alpha value is -2.78. The molecule has 0 fully saturated rings. The number of esters is 1. The van der Waals surface area contributed by atoms with Crippen LogP contribution < -0.4 is 5.56 Å². The summed E-state index contributed by atoms with van der Waals surface area (Å²) in [5, 5.41) is 5.55. The molecule has 0 saturated carbocycles. The standard InChI is InChI=1S/C18H16N4O3S2/c1-10-8-14(23)22-18(19-10)27-13(20-22)9-25-17(24)15-11(2)12(3)26-16(15)21-6-4-5-7-21/h4-8H,9H2,1-3H3. The first-order valence-electron chi connectivity index (χ1n) is 8.21. The fraction of sp³-hybridized carbons (Fsp3) is 0.222. The van der Waals surface area contributed by atoms with Gasteiger partial charge in [0.25, 0.3) is 5.56 Å². The minimum Gasteiger partial charge on any atom is -0.455 e. The Balaban J connectivity index is 1.61. The predicted molar refractivity (Wildman–Crippen MR) is 104 cm³/mol. The molecule has 4 aromatic heterocycles. The van der Waals surface area contributed by atoms with Crippen molar-refractivity contribution in [3.8, 4) is 5.00 Å². The molecule has 0 spiro atoms. The van der Waals surface area contributed by atoms with Crippen LogP contribution in [-0.4, -0.2) is 25.1 Å². The topological polar surface area (TPSA) is 78.5 Å². The average molecular weight is 400 g/mol. The lowest BCUT2D eigenvalue weighted by molar-refractivity contribution is 0.0471. The molecule has 4 rings (SSSR count). The van der Waals surface area contributed by atoms with Gasteiger partial charge in [-0.15, -0.1) is 11.3 Å². The summed E-state index contributed by atoms with van der Waals surface area (Å²) in [6, 6.07) is 5.24. The Labute approximate surface area is 162 Å². The number of hydrogen-bond acceptors (Lipinski definition) is 7. The lowest BCUT2D eigenvalue weighted by Crippen LogP contribution is -2.14. The number of rotatable bonds is 4. The van der Waals surface area contributed by atoms with Gasteiger partial charge in [-0.3, -0.25) is 4.79 Å². The number of carbonyl (C=O) groups excluding carboxylic acids is 1. The monoisotopic (exact) mass is 400 g/mol. The normalized spacial score (nSPS) is 11.2. The molecule has 0 N–H and O–H groups in total. The molecule has 4 aromatic rings. The highest BCUT2D eigenvalue weighted by atomic mass is 32.1. The van der Waals surface area contributed by atoms with Gasteiger partial charge in [-0.25, -0.2) is 9.78 Å². The average Bonchev–Trinajstić information content (AvgIpc) is 3.33. The molecule has 0 amide bonds. The van der Waals surface area contributed by atoms with Crippen LogP contribution >= 0.6 is 22.7 Å². The minimum atomic E-state index is -0.406. The lowest BCUT2D eigenvalue weighted by atomic mass is 10.1. The van der Waals surface area contributed by atoms with Crippen molar-refractivity contribution in [1.29, 1.82) is 0 Å². The number of carbonyl (C=O) groups is 1. The van der Waals surface area contributed by atoms with E-state index in [1.54, 1.807) is 18.3 Å². The van der Waals surface area contributed by atoms with Crippen molar-refractivity contribution in [2.75, 3.05) is 0 Å². The van der Waals surface area contributed by atoms with Crippen LogP contribution in [0.4, 0.5) is 0 Å². The van der Waals surface area contributed by atoms with Crippen LogP contribution in [0.25, 0.3) is 9.96 Å². The molecule has 0 aliphatic rings. The maximum atomic E-state index is 12.8. The van der Waals surface area contributed by atoms with Gasteiger partial charge < -0.3 is 9.30 Å². The Bertz CT molecular complexity index is 1200. The molecule has 0 unspecified atom stereocenters. The summed E-state index contributed by atoms with van der Waals surface area (Å²) in [7, 11) is 0. The van der Waals surface area contributed by atoms with Crippen LogP contribution in [0.5, 0.6) is 0 Å². The van der Waals surface area contributed by atoms with Crippen LogP contribution in [0.1, 0.15) is 31.5 Å². The van der Waals surface area contributed by atoms with Crippen LogP contribution in [0, 0.1) is 20.8 Å². The van der Waals surface area contributed by atoms with E-state index in [0.717, 1.165) is 15.4 Å². The van der Waals surface area contributed by atoms with Crippen LogP contribution in [0.3, 0.4) is 0 Å². The number of nitrogens with zero attached hydrogens (tertiary/aromatic N) is 4. The second-order valence-electron chi connectivity index (χ2n) is 6.06. The van der Waals surface area contributed by atoms with E-state index in [4.69, 9.17) is 4.74 Å². The molecule has 0 radical (unpaired) electrons. The number of thiophene rings is 1. The minimum absolute atomic E-state index is 0.00913. The van der Waals surface area contributed by atoms with Crippen molar-refractivity contribution >= 4 is 33.6 Å². The fourth-order valence-electron chi connectivity index (χ4n) is 2.72. The van der Waals surface area contributed by atoms with Gasteiger partial charge in [0.05, 0.1) is 5.56 Å². The first-order valence-corrected chi connectivity index (χ1v) is 9.84. The Morgan fingerprint density at radius 2 is 1.93 bits per heavy atom. The van der Waals surface area contributed by atoms with Gasteiger partial charge in [0.15, 0.2) is 5.01 Å². The highest BCUT2D eigenvalue weighted by Crippen LogP contribution is 2.31. The van der Waals surface area contributed by atoms with Gasteiger partial charge in [-0.1, -0.05) is 11.3 Å². The third-order valence-electron chi connectivity index (χ3n) is 4.15. The van der Waals surface area contributed by atoms with E-state index in [1.807, 2.05) is 42.9 Å². The summed E-state index contributed by atoms with van der Waals surface area (Å²) in [5.41, 5.74) is 1.85. The van der Waals surface area contributed by atoms with E-state index in [2.05, 4.69) is 10.1 Å². The van der Waals surface area contributed by atoms with E-state index >= 15 is 0 Å². The largest absolute Gasteiger partial charge is 0.455 e. The molecule has 138 valence electrons. The van der Waals surface area contributed by atoms with Crippen molar-refractivity contribution in [3.63, 3.8) is 0 Å². The molecule has 0 saturated heterocycles. The number of hydrogen-bond donors (Lipinski definition) is 0. The second-order valence-corrected chi connectivity index (χ2v) is 8.30. The molecule has 0 aliphatic heterocycles. The Morgan fingerprint density at radius 3 is 2.67 bits per heavy atom. The van der Waals surface area contributed by atoms with E-state index < -0.39 is 5.97 Å². The highest BCUT2D eigenvalue weighted by Gasteiger charge is 2.22. The van der Waals surface area contributed by atoms with Crippen molar-refractivity contribution in [2.24, 2.45) is 0 Å². The van der Waals surface area contributed by atoms with Crippen LogP contribution in [-0.2, 0) is 11.3 Å². The van der Waals surface area contributed by atoms with Crippen molar-refractivity contribution in [3.05, 3.63) is 67.7 Å². The summed E-state index contributed by atoms with van der Waals surface area (Å²) >= 11 is 2.78. The summed E-state index contributed by atoms with van der Waals surface area (Å²) in [4.78, 5) is 30.6. The summed E-state index contributed by atoms with van der Waals surface area (Å²) in [5.74, 6) is -0.406. The molecule has 27 heavy (non-hydrogen) atoms. The molecule has 0 atom stereocenters. The fourth-order valence-corrected chi connectivity index (χ4v) is 4.69. The van der Waals surface area contributed by atoms with Crippen LogP contribution in [0.15, 0.2) is 35.4 Å². The van der Waals surface area contributed by atoms with Gasteiger partial charge in [-0.05, 0) is 38.5 Å². The number of ether oxygens (including phenoxy) is 1. The molecular formula is C18H16N4O3S2. The van der Waals surface area contributed by atoms with Crippen molar-refractivity contribution < 1.29 is 9.53 Å². The molecule has 0 aromatic carbocycles. The summed E-state index contributed by atoms with van der Waals surface area (Å²) in [6.45, 7) is 5.65. The molecule has 0 aliphatic carbocycles. The zero-order valence-electron chi connectivity index (χ0n) is 14.9. The molecule has 0 bridgehead atoms. The van der Waals surface area contributed by atoms with Gasteiger partial charge in [0.2, 0.25) is 4.96 Å². The van der Waals surface area contributed by atoms with Crippen molar-refractivity contribution in [1.82, 2.24) is 19.2 Å². The third kappa shape index (κ3) is 3.19. The zero-order valence-corrected chi connectivity index (χ0v) is 16.6. The molecule has 4 heterocycles. The summed E-state index contributed by atoms with van der Waals surface area (Å²) in [6.07, 6.45) is 3.80. The van der Waals surface area contributed by atoms with Gasteiger partial charge in [0.1, 0.15) is 11.6 Å². The number of fused-ring (bicyclic) bond motifs is 1. The van der Waals surface area contributed by atoms with E-state index in [9.17, 15) is 9.59 Å². The summed E-state index contributed by atoms with van der Waals surface area (Å²) < 4.78 is 8.64. The first-order chi connectivity index (χ1) is 12.9.